The van der Waals surface area contributed by atoms with Gasteiger partial charge in [-0.2, -0.15) is 0 Å². The highest BCUT2D eigenvalue weighted by atomic mass is 16.4. The van der Waals surface area contributed by atoms with Gasteiger partial charge in [0.05, 0.1) is 12.0 Å². The van der Waals surface area contributed by atoms with Gasteiger partial charge in [-0.3, -0.25) is 4.79 Å². The number of rotatable bonds is 6. The normalized spacial score (nSPS) is 14.7. The molecule has 7 nitrogen and oxygen atoms in total. The largest absolute Gasteiger partial charge is 0.480 e. The van der Waals surface area contributed by atoms with Crippen LogP contribution in [0, 0.1) is 19.8 Å². The van der Waals surface area contributed by atoms with Crippen molar-refractivity contribution in [1.29, 1.82) is 0 Å². The number of amides is 1. The third kappa shape index (κ3) is 3.92. The second-order valence-electron chi connectivity index (χ2n) is 9.22. The van der Waals surface area contributed by atoms with E-state index in [0.717, 1.165) is 53.4 Å². The molecule has 4 rings (SSSR count). The molecule has 0 saturated carbocycles. The summed E-state index contributed by atoms with van der Waals surface area (Å²) < 4.78 is 11.8. The van der Waals surface area contributed by atoms with Crippen LogP contribution in [0.2, 0.25) is 0 Å². The highest BCUT2D eigenvalue weighted by Crippen LogP contribution is 2.37. The topological polar surface area (TPSA) is 110 Å². The third-order valence-corrected chi connectivity index (χ3v) is 6.40. The van der Waals surface area contributed by atoms with E-state index in [1.165, 1.54) is 5.56 Å². The molecule has 1 aromatic carbocycles. The zero-order valence-electron chi connectivity index (χ0n) is 19.0. The van der Waals surface area contributed by atoms with Crippen LogP contribution in [0.15, 0.2) is 19.7 Å². The maximum atomic E-state index is 12.8. The van der Waals surface area contributed by atoms with Crippen molar-refractivity contribution in [2.24, 2.45) is 5.92 Å². The molecule has 1 atom stereocenters. The fraction of sp³-hybridized carbons (Fsp3) is 0.480. The first-order valence-electron chi connectivity index (χ1n) is 11.2. The van der Waals surface area contributed by atoms with E-state index in [0.29, 0.717) is 17.6 Å². The molecule has 0 aliphatic heterocycles. The van der Waals surface area contributed by atoms with Gasteiger partial charge in [-0.1, -0.05) is 13.8 Å². The Bertz CT molecular complexity index is 1280. The van der Waals surface area contributed by atoms with Crippen molar-refractivity contribution in [3.05, 3.63) is 44.5 Å². The van der Waals surface area contributed by atoms with Crippen LogP contribution in [0.25, 0.3) is 21.9 Å². The molecule has 2 aromatic heterocycles. The summed E-state index contributed by atoms with van der Waals surface area (Å²) in [6, 6.07) is 1.01. The number of carboxylic acid groups (broad SMARTS) is 1. The zero-order chi connectivity index (χ0) is 23.2. The van der Waals surface area contributed by atoms with Gasteiger partial charge in [0.2, 0.25) is 5.91 Å². The molecule has 1 unspecified atom stereocenters. The number of carboxylic acids is 1. The average Bonchev–Trinajstić information content (AvgIpc) is 3.10. The van der Waals surface area contributed by atoms with Crippen LogP contribution in [0.4, 0.5) is 0 Å². The first kappa shape index (κ1) is 22.1. The quantitative estimate of drug-likeness (QED) is 0.557. The minimum Gasteiger partial charge on any atom is -0.480 e. The van der Waals surface area contributed by atoms with E-state index in [1.54, 1.807) is 0 Å². The van der Waals surface area contributed by atoms with Gasteiger partial charge >= 0.3 is 11.6 Å². The summed E-state index contributed by atoms with van der Waals surface area (Å²) in [5.74, 6) is -0.479. The molecule has 0 spiro atoms. The van der Waals surface area contributed by atoms with Gasteiger partial charge in [-0.25, -0.2) is 9.59 Å². The van der Waals surface area contributed by atoms with Crippen molar-refractivity contribution in [1.82, 2.24) is 5.32 Å². The molecule has 0 bridgehead atoms. The van der Waals surface area contributed by atoms with Gasteiger partial charge in [-0.15, -0.1) is 0 Å². The van der Waals surface area contributed by atoms with E-state index in [2.05, 4.69) is 5.32 Å². The van der Waals surface area contributed by atoms with Crippen molar-refractivity contribution >= 4 is 33.8 Å². The Morgan fingerprint density at radius 2 is 1.75 bits per heavy atom. The van der Waals surface area contributed by atoms with Crippen LogP contribution >= 0.6 is 0 Å². The van der Waals surface area contributed by atoms with Gasteiger partial charge in [0.25, 0.3) is 0 Å². The number of furan rings is 1. The Kier molecular flexibility index (Phi) is 5.84. The number of aryl methyl sites for hydroxylation is 4. The molecule has 0 radical (unpaired) electrons. The van der Waals surface area contributed by atoms with E-state index in [4.69, 9.17) is 8.83 Å². The maximum absolute atomic E-state index is 12.8. The van der Waals surface area contributed by atoms with Crippen molar-refractivity contribution in [2.75, 3.05) is 0 Å². The van der Waals surface area contributed by atoms with E-state index >= 15 is 0 Å². The summed E-state index contributed by atoms with van der Waals surface area (Å²) in [4.78, 5) is 36.9. The molecule has 1 aliphatic rings. The van der Waals surface area contributed by atoms with Crippen LogP contribution in [0.3, 0.4) is 0 Å². The lowest BCUT2D eigenvalue weighted by molar-refractivity contribution is -0.142. The van der Waals surface area contributed by atoms with Crippen LogP contribution in [-0.4, -0.2) is 23.0 Å². The summed E-state index contributed by atoms with van der Waals surface area (Å²) in [6.45, 7) is 7.48. The highest BCUT2D eigenvalue weighted by Gasteiger charge is 2.25. The van der Waals surface area contributed by atoms with Crippen molar-refractivity contribution in [3.63, 3.8) is 0 Å². The summed E-state index contributed by atoms with van der Waals surface area (Å²) in [5, 5.41) is 13.8. The van der Waals surface area contributed by atoms with Crippen molar-refractivity contribution < 1.29 is 23.5 Å². The molecule has 3 aromatic rings. The van der Waals surface area contributed by atoms with Gasteiger partial charge in [0, 0.05) is 28.3 Å². The summed E-state index contributed by atoms with van der Waals surface area (Å²) in [5.41, 5.74) is 3.58. The Hall–Kier alpha value is -3.09. The van der Waals surface area contributed by atoms with Gasteiger partial charge in [-0.05, 0) is 57.1 Å². The molecule has 1 amide bonds. The lowest BCUT2D eigenvalue weighted by Gasteiger charge is -2.17. The van der Waals surface area contributed by atoms with Gasteiger partial charge in [0.1, 0.15) is 23.0 Å². The second kappa shape index (κ2) is 8.45. The minimum atomic E-state index is -1.09. The summed E-state index contributed by atoms with van der Waals surface area (Å²) in [7, 11) is 0. The summed E-state index contributed by atoms with van der Waals surface area (Å²) >= 11 is 0. The maximum Gasteiger partial charge on any atom is 0.340 e. The number of benzene rings is 1. The number of fused-ring (bicyclic) bond motifs is 4. The number of aliphatic carboxylic acids is 1. The number of carbonyl (C=O) groups excluding carboxylic acids is 1. The molecule has 0 saturated heterocycles. The molecular weight excluding hydrogens is 410 g/mol. The fourth-order valence-corrected chi connectivity index (χ4v) is 4.72. The standard InChI is InChI=1S/C25H29NO6/c1-12(2)9-19(24(28)29)26-21(27)11-17-13(3)16-10-18-15-7-5-6-8-20(15)31-23(18)14(4)22(16)32-25(17)30/h10,12,19H,5-9,11H2,1-4H3,(H,26,27)(H,28,29). The number of carbonyl (C=O) groups is 2. The van der Waals surface area contributed by atoms with E-state index in [1.807, 2.05) is 33.8 Å². The molecule has 0 fully saturated rings. The Morgan fingerprint density at radius 1 is 1.06 bits per heavy atom. The van der Waals surface area contributed by atoms with E-state index in [-0.39, 0.29) is 17.9 Å². The lowest BCUT2D eigenvalue weighted by Crippen LogP contribution is -2.42. The number of hydrogen-bond acceptors (Lipinski definition) is 5. The second-order valence-corrected chi connectivity index (χ2v) is 9.22. The highest BCUT2D eigenvalue weighted by molar-refractivity contribution is 6.00. The fourth-order valence-electron chi connectivity index (χ4n) is 4.72. The van der Waals surface area contributed by atoms with E-state index < -0.39 is 23.5 Å². The Labute approximate surface area is 185 Å². The molecule has 170 valence electrons. The van der Waals surface area contributed by atoms with Crippen LogP contribution < -0.4 is 10.9 Å². The predicted molar refractivity (Wildman–Crippen MR) is 121 cm³/mol. The minimum absolute atomic E-state index is 0.107. The summed E-state index contributed by atoms with van der Waals surface area (Å²) in [6.07, 6.45) is 4.18. The number of hydrogen-bond donors (Lipinski definition) is 2. The molecular formula is C25H29NO6. The average molecular weight is 440 g/mol. The molecule has 2 N–H and O–H groups in total. The predicted octanol–water partition coefficient (Wildman–Crippen LogP) is 4.19. The molecule has 32 heavy (non-hydrogen) atoms. The smallest absolute Gasteiger partial charge is 0.340 e. The SMILES string of the molecule is Cc1c(CC(=O)NC(CC(C)C)C(=O)O)c(=O)oc2c(C)c3oc4c(c3cc12)CCCC4. The molecule has 2 heterocycles. The Balaban J connectivity index is 1.74. The van der Waals surface area contributed by atoms with E-state index in [9.17, 15) is 19.5 Å². The first-order chi connectivity index (χ1) is 15.2. The zero-order valence-corrected chi connectivity index (χ0v) is 19.0. The van der Waals surface area contributed by atoms with Crippen molar-refractivity contribution in [3.8, 4) is 0 Å². The van der Waals surface area contributed by atoms with Gasteiger partial charge in [0.15, 0.2) is 0 Å². The van der Waals surface area contributed by atoms with Crippen LogP contribution in [-0.2, 0) is 28.9 Å². The van der Waals surface area contributed by atoms with Crippen LogP contribution in [0.5, 0.6) is 0 Å². The van der Waals surface area contributed by atoms with Gasteiger partial charge < -0.3 is 19.3 Å². The monoisotopic (exact) mass is 439 g/mol. The Morgan fingerprint density at radius 3 is 2.44 bits per heavy atom. The lowest BCUT2D eigenvalue weighted by atomic mass is 9.93. The van der Waals surface area contributed by atoms with Crippen LogP contribution in [0.1, 0.15) is 61.1 Å². The molecule has 1 aliphatic carbocycles. The third-order valence-electron chi connectivity index (χ3n) is 6.40. The molecule has 7 heteroatoms. The van der Waals surface area contributed by atoms with Crippen molar-refractivity contribution in [2.45, 2.75) is 72.3 Å². The number of nitrogens with one attached hydrogen (secondary N) is 1. The first-order valence-corrected chi connectivity index (χ1v) is 11.2.